The number of unbranched alkanes of at least 4 members (excludes halogenated alkanes) is 2. The molecule has 0 aromatic rings. The van der Waals surface area contributed by atoms with Crippen molar-refractivity contribution in [2.75, 3.05) is 13.1 Å². The fourth-order valence-electron chi connectivity index (χ4n) is 2.17. The van der Waals surface area contributed by atoms with Crippen molar-refractivity contribution in [3.05, 3.63) is 0 Å². The summed E-state index contributed by atoms with van der Waals surface area (Å²) in [5.74, 6) is 0. The normalized spacial score (nSPS) is 15.5. The number of nitrogens with one attached hydrogen (secondary N) is 1. The van der Waals surface area contributed by atoms with E-state index in [0.29, 0.717) is 18.1 Å². The van der Waals surface area contributed by atoms with Crippen LogP contribution in [0, 0.1) is 0 Å². The van der Waals surface area contributed by atoms with Gasteiger partial charge in [-0.2, -0.15) is 0 Å². The summed E-state index contributed by atoms with van der Waals surface area (Å²) >= 11 is 0. The minimum atomic E-state index is 0.640. The first kappa shape index (κ1) is 16.9. The van der Waals surface area contributed by atoms with Crippen LogP contribution >= 0.6 is 0 Å². The Morgan fingerprint density at radius 1 is 1.00 bits per heavy atom. The molecule has 0 saturated heterocycles. The molecule has 2 nitrogen and oxygen atoms in total. The van der Waals surface area contributed by atoms with Gasteiger partial charge < -0.3 is 5.32 Å². The van der Waals surface area contributed by atoms with Gasteiger partial charge in [-0.1, -0.05) is 26.7 Å². The second kappa shape index (κ2) is 9.90. The summed E-state index contributed by atoms with van der Waals surface area (Å²) in [4.78, 5) is 2.63. The lowest BCUT2D eigenvalue weighted by Gasteiger charge is -2.33. The zero-order chi connectivity index (χ0) is 13.3. The Hall–Kier alpha value is -0.0800. The molecular weight excluding hydrogens is 208 g/mol. The van der Waals surface area contributed by atoms with Crippen molar-refractivity contribution in [2.45, 2.75) is 85.4 Å². The van der Waals surface area contributed by atoms with Gasteiger partial charge in [0.25, 0.3) is 0 Å². The fourth-order valence-corrected chi connectivity index (χ4v) is 2.17. The zero-order valence-electron chi connectivity index (χ0n) is 12.9. The van der Waals surface area contributed by atoms with E-state index in [2.05, 4.69) is 51.8 Å². The molecule has 0 aromatic carbocycles. The van der Waals surface area contributed by atoms with Crippen LogP contribution in [0.25, 0.3) is 0 Å². The molecule has 0 aliphatic heterocycles. The summed E-state index contributed by atoms with van der Waals surface area (Å²) < 4.78 is 0. The topological polar surface area (TPSA) is 15.3 Å². The Bertz CT molecular complexity index is 168. The van der Waals surface area contributed by atoms with Crippen molar-refractivity contribution in [3.63, 3.8) is 0 Å². The van der Waals surface area contributed by atoms with Crippen molar-refractivity contribution < 1.29 is 0 Å². The van der Waals surface area contributed by atoms with Crippen LogP contribution in [-0.4, -0.2) is 36.1 Å². The molecule has 0 amide bonds. The Morgan fingerprint density at radius 2 is 1.65 bits per heavy atom. The average molecular weight is 242 g/mol. The van der Waals surface area contributed by atoms with Gasteiger partial charge in [0.2, 0.25) is 0 Å². The molecule has 0 fully saturated rings. The van der Waals surface area contributed by atoms with Gasteiger partial charge in [0.15, 0.2) is 0 Å². The molecule has 2 unspecified atom stereocenters. The second-order valence-electron chi connectivity index (χ2n) is 5.61. The van der Waals surface area contributed by atoms with Gasteiger partial charge in [0.05, 0.1) is 0 Å². The first-order valence-corrected chi connectivity index (χ1v) is 7.51. The number of hydrogen-bond donors (Lipinski definition) is 1. The molecule has 17 heavy (non-hydrogen) atoms. The lowest BCUT2D eigenvalue weighted by Crippen LogP contribution is -2.46. The van der Waals surface area contributed by atoms with Crippen molar-refractivity contribution in [2.24, 2.45) is 0 Å². The van der Waals surface area contributed by atoms with Gasteiger partial charge in [-0.15, -0.1) is 0 Å². The molecule has 0 aromatic heterocycles. The van der Waals surface area contributed by atoms with E-state index >= 15 is 0 Å². The Labute approximate surface area is 109 Å². The SMILES string of the molecule is CCCCCN(C(C)C)C(C)CNC(C)CC. The molecule has 0 saturated carbocycles. The highest BCUT2D eigenvalue weighted by Crippen LogP contribution is 2.08. The Balaban J connectivity index is 4.01. The molecule has 2 atom stereocenters. The maximum absolute atomic E-state index is 3.62. The highest BCUT2D eigenvalue weighted by Gasteiger charge is 2.16. The molecule has 0 heterocycles. The number of nitrogens with zero attached hydrogens (tertiary/aromatic N) is 1. The highest BCUT2D eigenvalue weighted by atomic mass is 15.2. The minimum Gasteiger partial charge on any atom is -0.313 e. The van der Waals surface area contributed by atoms with Crippen LogP contribution < -0.4 is 5.32 Å². The third-order valence-electron chi connectivity index (χ3n) is 3.62. The molecule has 0 spiro atoms. The summed E-state index contributed by atoms with van der Waals surface area (Å²) in [7, 11) is 0. The van der Waals surface area contributed by atoms with Crippen molar-refractivity contribution in [3.8, 4) is 0 Å². The van der Waals surface area contributed by atoms with E-state index < -0.39 is 0 Å². The molecular formula is C15H34N2. The monoisotopic (exact) mass is 242 g/mol. The van der Waals surface area contributed by atoms with Gasteiger partial charge >= 0.3 is 0 Å². The lowest BCUT2D eigenvalue weighted by atomic mass is 10.1. The first-order valence-electron chi connectivity index (χ1n) is 7.51. The quantitative estimate of drug-likeness (QED) is 0.588. The summed E-state index contributed by atoms with van der Waals surface area (Å²) in [6.07, 6.45) is 5.22. The van der Waals surface area contributed by atoms with E-state index in [1.165, 1.54) is 32.2 Å². The summed E-state index contributed by atoms with van der Waals surface area (Å²) in [5.41, 5.74) is 0. The summed E-state index contributed by atoms with van der Waals surface area (Å²) in [6, 6.07) is 1.93. The third-order valence-corrected chi connectivity index (χ3v) is 3.62. The van der Waals surface area contributed by atoms with Gasteiger partial charge in [-0.3, -0.25) is 4.90 Å². The predicted molar refractivity (Wildman–Crippen MR) is 78.6 cm³/mol. The average Bonchev–Trinajstić information content (AvgIpc) is 2.30. The molecule has 0 bridgehead atoms. The van der Waals surface area contributed by atoms with Crippen LogP contribution in [0.2, 0.25) is 0 Å². The zero-order valence-corrected chi connectivity index (χ0v) is 12.9. The van der Waals surface area contributed by atoms with Crippen LogP contribution in [0.3, 0.4) is 0 Å². The maximum atomic E-state index is 3.62. The van der Waals surface area contributed by atoms with E-state index in [-0.39, 0.29) is 0 Å². The van der Waals surface area contributed by atoms with E-state index in [1.54, 1.807) is 0 Å². The van der Waals surface area contributed by atoms with E-state index in [0.717, 1.165) is 6.54 Å². The van der Waals surface area contributed by atoms with Gasteiger partial charge in [0, 0.05) is 24.7 Å². The van der Waals surface area contributed by atoms with Gasteiger partial charge in [-0.05, 0) is 47.1 Å². The molecule has 104 valence electrons. The van der Waals surface area contributed by atoms with Crippen molar-refractivity contribution >= 4 is 0 Å². The van der Waals surface area contributed by atoms with Crippen molar-refractivity contribution in [1.82, 2.24) is 10.2 Å². The van der Waals surface area contributed by atoms with E-state index in [4.69, 9.17) is 0 Å². The minimum absolute atomic E-state index is 0.640. The Morgan fingerprint density at radius 3 is 2.12 bits per heavy atom. The first-order chi connectivity index (χ1) is 8.02. The van der Waals surface area contributed by atoms with Crippen LogP contribution in [0.5, 0.6) is 0 Å². The van der Waals surface area contributed by atoms with E-state index in [9.17, 15) is 0 Å². The fraction of sp³-hybridized carbons (Fsp3) is 1.00. The molecule has 2 heteroatoms. The highest BCUT2D eigenvalue weighted by molar-refractivity contribution is 4.74. The molecule has 0 radical (unpaired) electrons. The molecule has 0 rings (SSSR count). The summed E-state index contributed by atoms with van der Waals surface area (Å²) in [5, 5.41) is 3.62. The van der Waals surface area contributed by atoms with Crippen LogP contribution in [0.4, 0.5) is 0 Å². The molecule has 0 aliphatic carbocycles. The smallest absolute Gasteiger partial charge is 0.0195 e. The van der Waals surface area contributed by atoms with Crippen LogP contribution in [0.1, 0.15) is 67.2 Å². The maximum Gasteiger partial charge on any atom is 0.0195 e. The van der Waals surface area contributed by atoms with E-state index in [1.807, 2.05) is 0 Å². The lowest BCUT2D eigenvalue weighted by molar-refractivity contribution is 0.155. The predicted octanol–water partition coefficient (Wildman–Crippen LogP) is 3.66. The Kier molecular flexibility index (Phi) is 9.85. The second-order valence-corrected chi connectivity index (χ2v) is 5.61. The molecule has 1 N–H and O–H groups in total. The van der Waals surface area contributed by atoms with Gasteiger partial charge in [0.1, 0.15) is 0 Å². The van der Waals surface area contributed by atoms with Gasteiger partial charge in [-0.25, -0.2) is 0 Å². The third kappa shape index (κ3) is 7.77. The largest absolute Gasteiger partial charge is 0.313 e. The standard InChI is InChI=1S/C15H34N2/c1-7-9-10-11-17(13(3)4)15(6)12-16-14(5)8-2/h13-16H,7-12H2,1-6H3. The number of hydrogen-bond acceptors (Lipinski definition) is 2. The van der Waals surface area contributed by atoms with Crippen LogP contribution in [-0.2, 0) is 0 Å². The van der Waals surface area contributed by atoms with Crippen molar-refractivity contribution in [1.29, 1.82) is 0 Å². The summed E-state index contributed by atoms with van der Waals surface area (Å²) in [6.45, 7) is 16.1. The molecule has 0 aliphatic rings. The van der Waals surface area contributed by atoms with Crippen LogP contribution in [0.15, 0.2) is 0 Å². The number of rotatable bonds is 10.